The maximum absolute atomic E-state index is 4.39. The Morgan fingerprint density at radius 3 is 2.88 bits per heavy atom. The Balaban J connectivity index is 1.99. The maximum atomic E-state index is 4.39. The summed E-state index contributed by atoms with van der Waals surface area (Å²) in [7, 11) is 1.95. The van der Waals surface area contributed by atoms with Gasteiger partial charge in [0.05, 0.1) is 17.4 Å². The van der Waals surface area contributed by atoms with Gasteiger partial charge in [-0.15, -0.1) is 0 Å². The van der Waals surface area contributed by atoms with Gasteiger partial charge < -0.3 is 9.88 Å². The number of aryl methyl sites for hydroxylation is 1. The van der Waals surface area contributed by atoms with Crippen molar-refractivity contribution in [3.05, 3.63) is 48.9 Å². The fourth-order valence-electron chi connectivity index (χ4n) is 1.75. The van der Waals surface area contributed by atoms with E-state index >= 15 is 0 Å². The van der Waals surface area contributed by atoms with E-state index in [4.69, 9.17) is 0 Å². The number of hydrogen-bond acceptors (Lipinski definition) is 3. The molecule has 3 aromatic rings. The topological polar surface area (TPSA) is 42.7 Å². The molecule has 4 heteroatoms. The summed E-state index contributed by atoms with van der Waals surface area (Å²) < 4.78 is 1.93. The minimum atomic E-state index is 0.807. The Bertz CT molecular complexity index is 657. The van der Waals surface area contributed by atoms with E-state index in [-0.39, 0.29) is 0 Å². The SMILES string of the molecule is Cn1ccnc1Nc1cnc2ccccc2c1. The number of hydrogen-bond donors (Lipinski definition) is 1. The second kappa shape index (κ2) is 3.90. The van der Waals surface area contributed by atoms with Gasteiger partial charge in [0.2, 0.25) is 5.95 Å². The van der Waals surface area contributed by atoms with Crippen LogP contribution in [0.2, 0.25) is 0 Å². The van der Waals surface area contributed by atoms with Gasteiger partial charge in [0.15, 0.2) is 0 Å². The van der Waals surface area contributed by atoms with Gasteiger partial charge in [0.25, 0.3) is 0 Å². The van der Waals surface area contributed by atoms with E-state index in [1.807, 2.05) is 48.3 Å². The number of benzene rings is 1. The Kier molecular flexibility index (Phi) is 2.26. The summed E-state index contributed by atoms with van der Waals surface area (Å²) in [5.41, 5.74) is 1.94. The highest BCUT2D eigenvalue weighted by Crippen LogP contribution is 2.18. The zero-order valence-corrected chi connectivity index (χ0v) is 9.46. The first-order valence-electron chi connectivity index (χ1n) is 5.42. The van der Waals surface area contributed by atoms with E-state index in [1.54, 1.807) is 6.20 Å². The molecular weight excluding hydrogens is 212 g/mol. The lowest BCUT2D eigenvalue weighted by molar-refractivity contribution is 0.924. The van der Waals surface area contributed by atoms with Crippen LogP contribution in [0.25, 0.3) is 10.9 Å². The first kappa shape index (κ1) is 9.84. The number of imidazole rings is 1. The second-order valence-corrected chi connectivity index (χ2v) is 3.90. The van der Waals surface area contributed by atoms with Crippen LogP contribution in [-0.2, 0) is 7.05 Å². The van der Waals surface area contributed by atoms with Gasteiger partial charge in [0.1, 0.15) is 0 Å². The van der Waals surface area contributed by atoms with Crippen LogP contribution in [0.5, 0.6) is 0 Å². The molecule has 0 bridgehead atoms. The summed E-state index contributed by atoms with van der Waals surface area (Å²) in [6.45, 7) is 0. The van der Waals surface area contributed by atoms with Crippen molar-refractivity contribution in [2.75, 3.05) is 5.32 Å². The third-order valence-corrected chi connectivity index (χ3v) is 2.67. The zero-order valence-electron chi connectivity index (χ0n) is 9.46. The highest BCUT2D eigenvalue weighted by molar-refractivity contribution is 5.82. The van der Waals surface area contributed by atoms with Crippen molar-refractivity contribution < 1.29 is 0 Å². The molecule has 1 N–H and O–H groups in total. The Morgan fingerprint density at radius 1 is 1.18 bits per heavy atom. The zero-order chi connectivity index (χ0) is 11.7. The van der Waals surface area contributed by atoms with Crippen LogP contribution in [0.15, 0.2) is 48.9 Å². The van der Waals surface area contributed by atoms with Gasteiger partial charge in [-0.25, -0.2) is 4.98 Å². The molecule has 4 nitrogen and oxygen atoms in total. The summed E-state index contributed by atoms with van der Waals surface area (Å²) in [6, 6.07) is 10.1. The molecule has 0 atom stereocenters. The highest BCUT2D eigenvalue weighted by Gasteiger charge is 2.01. The van der Waals surface area contributed by atoms with Crippen molar-refractivity contribution in [1.82, 2.24) is 14.5 Å². The molecule has 2 aromatic heterocycles. The summed E-state index contributed by atoms with van der Waals surface area (Å²) in [5, 5.41) is 4.35. The molecule has 3 rings (SSSR count). The molecule has 0 saturated heterocycles. The van der Waals surface area contributed by atoms with Crippen molar-refractivity contribution in [2.24, 2.45) is 7.05 Å². The summed E-state index contributed by atoms with van der Waals surface area (Å²) in [5.74, 6) is 0.807. The number of rotatable bonds is 2. The Hall–Kier alpha value is -2.36. The monoisotopic (exact) mass is 224 g/mol. The Labute approximate surface area is 98.9 Å². The van der Waals surface area contributed by atoms with Crippen LogP contribution in [0.1, 0.15) is 0 Å². The smallest absolute Gasteiger partial charge is 0.207 e. The van der Waals surface area contributed by atoms with E-state index in [0.29, 0.717) is 0 Å². The fraction of sp³-hybridized carbons (Fsp3) is 0.0769. The number of fused-ring (bicyclic) bond motifs is 1. The van der Waals surface area contributed by atoms with E-state index in [0.717, 1.165) is 22.5 Å². The van der Waals surface area contributed by atoms with Crippen LogP contribution in [-0.4, -0.2) is 14.5 Å². The molecule has 2 heterocycles. The Morgan fingerprint density at radius 2 is 2.06 bits per heavy atom. The van der Waals surface area contributed by atoms with Crippen LogP contribution in [0.4, 0.5) is 11.6 Å². The molecule has 84 valence electrons. The van der Waals surface area contributed by atoms with Gasteiger partial charge in [-0.2, -0.15) is 0 Å². The lowest BCUT2D eigenvalue weighted by Crippen LogP contribution is -1.98. The predicted octanol–water partition coefficient (Wildman–Crippen LogP) is 2.71. The van der Waals surface area contributed by atoms with Crippen molar-refractivity contribution in [3.63, 3.8) is 0 Å². The molecular formula is C13H12N4. The van der Waals surface area contributed by atoms with E-state index in [2.05, 4.69) is 21.4 Å². The maximum Gasteiger partial charge on any atom is 0.207 e. The minimum Gasteiger partial charge on any atom is -0.324 e. The minimum absolute atomic E-state index is 0.807. The van der Waals surface area contributed by atoms with Crippen molar-refractivity contribution >= 4 is 22.5 Å². The molecule has 0 saturated carbocycles. The van der Waals surface area contributed by atoms with Crippen LogP contribution in [0.3, 0.4) is 0 Å². The molecule has 0 aliphatic heterocycles. The molecule has 1 aromatic carbocycles. The van der Waals surface area contributed by atoms with Crippen LogP contribution in [0, 0.1) is 0 Å². The van der Waals surface area contributed by atoms with Crippen molar-refractivity contribution in [1.29, 1.82) is 0 Å². The molecule has 0 unspecified atom stereocenters. The number of pyridine rings is 1. The quantitative estimate of drug-likeness (QED) is 0.727. The number of nitrogens with one attached hydrogen (secondary N) is 1. The molecule has 0 aliphatic carbocycles. The standard InChI is InChI=1S/C13H12N4/c1-17-7-6-14-13(17)16-11-8-10-4-2-3-5-12(10)15-9-11/h2-9H,1H3,(H,14,16). The van der Waals surface area contributed by atoms with Crippen LogP contribution < -0.4 is 5.32 Å². The summed E-state index contributed by atoms with van der Waals surface area (Å²) in [6.07, 6.45) is 5.48. The number of para-hydroxylation sites is 1. The number of nitrogens with zero attached hydrogens (tertiary/aromatic N) is 3. The van der Waals surface area contributed by atoms with Crippen LogP contribution >= 0.6 is 0 Å². The summed E-state index contributed by atoms with van der Waals surface area (Å²) in [4.78, 5) is 8.61. The molecule has 0 amide bonds. The average molecular weight is 224 g/mol. The van der Waals surface area contributed by atoms with Gasteiger partial charge in [-0.3, -0.25) is 4.98 Å². The van der Waals surface area contributed by atoms with Crippen molar-refractivity contribution in [3.8, 4) is 0 Å². The van der Waals surface area contributed by atoms with Gasteiger partial charge in [0, 0.05) is 24.8 Å². The van der Waals surface area contributed by atoms with Gasteiger partial charge >= 0.3 is 0 Å². The fourth-order valence-corrected chi connectivity index (χ4v) is 1.75. The second-order valence-electron chi connectivity index (χ2n) is 3.90. The molecule has 17 heavy (non-hydrogen) atoms. The van der Waals surface area contributed by atoms with Gasteiger partial charge in [-0.05, 0) is 12.1 Å². The molecule has 0 fully saturated rings. The molecule has 0 spiro atoms. The largest absolute Gasteiger partial charge is 0.324 e. The van der Waals surface area contributed by atoms with E-state index in [9.17, 15) is 0 Å². The molecule has 0 radical (unpaired) electrons. The first-order valence-corrected chi connectivity index (χ1v) is 5.42. The third kappa shape index (κ3) is 1.85. The third-order valence-electron chi connectivity index (χ3n) is 2.67. The van der Waals surface area contributed by atoms with Crippen molar-refractivity contribution in [2.45, 2.75) is 0 Å². The number of anilines is 2. The van der Waals surface area contributed by atoms with Gasteiger partial charge in [-0.1, -0.05) is 18.2 Å². The highest BCUT2D eigenvalue weighted by atomic mass is 15.2. The average Bonchev–Trinajstić information content (AvgIpc) is 2.75. The summed E-state index contributed by atoms with van der Waals surface area (Å²) >= 11 is 0. The number of aromatic nitrogens is 3. The van der Waals surface area contributed by atoms with E-state index < -0.39 is 0 Å². The lowest BCUT2D eigenvalue weighted by Gasteiger charge is -2.06. The normalized spacial score (nSPS) is 10.6. The van der Waals surface area contributed by atoms with E-state index in [1.165, 1.54) is 0 Å². The predicted molar refractivity (Wildman–Crippen MR) is 68.2 cm³/mol. The lowest BCUT2D eigenvalue weighted by atomic mass is 10.2. The first-order chi connectivity index (χ1) is 8.33. The molecule has 0 aliphatic rings.